The number of rotatable bonds is 2. The first kappa shape index (κ1) is 10.4. The molecule has 0 atom stereocenters. The molecule has 5 nitrogen and oxygen atoms in total. The van der Waals surface area contributed by atoms with Crippen molar-refractivity contribution in [2.75, 3.05) is 7.11 Å². The van der Waals surface area contributed by atoms with Gasteiger partial charge in [-0.2, -0.15) is 0 Å². The lowest BCUT2D eigenvalue weighted by Gasteiger charge is -2.36. The van der Waals surface area contributed by atoms with Gasteiger partial charge in [0.25, 0.3) is 0 Å². The first-order chi connectivity index (χ1) is 5.92. The minimum absolute atomic E-state index is 0.206. The van der Waals surface area contributed by atoms with Crippen LogP contribution in [0.25, 0.3) is 0 Å². The Morgan fingerprint density at radius 1 is 1.38 bits per heavy atom. The zero-order valence-corrected chi connectivity index (χ0v) is 8.08. The third kappa shape index (κ3) is 1.97. The van der Waals surface area contributed by atoms with Crippen LogP contribution < -0.4 is 5.73 Å². The molecule has 0 aromatic carbocycles. The number of nitrogens with zero attached hydrogens (tertiary/aromatic N) is 1. The zero-order chi connectivity index (χ0) is 10.1. The summed E-state index contributed by atoms with van der Waals surface area (Å²) in [5, 5.41) is 10.7. The van der Waals surface area contributed by atoms with Gasteiger partial charge in [0.2, 0.25) is 5.54 Å². The van der Waals surface area contributed by atoms with Crippen molar-refractivity contribution in [2.45, 2.75) is 43.9 Å². The molecule has 76 valence electrons. The van der Waals surface area contributed by atoms with Gasteiger partial charge in [0.05, 0.1) is 0 Å². The van der Waals surface area contributed by atoms with Crippen molar-refractivity contribution in [3.05, 3.63) is 10.1 Å². The number of methoxy groups -OCH3 is 1. The fourth-order valence-corrected chi connectivity index (χ4v) is 1.60. The van der Waals surface area contributed by atoms with Gasteiger partial charge in [0.1, 0.15) is 5.72 Å². The molecule has 1 aliphatic carbocycles. The molecule has 1 aliphatic rings. The summed E-state index contributed by atoms with van der Waals surface area (Å²) >= 11 is 0. The topological polar surface area (TPSA) is 78.4 Å². The van der Waals surface area contributed by atoms with Gasteiger partial charge in [-0.3, -0.25) is 10.1 Å². The van der Waals surface area contributed by atoms with Crippen LogP contribution in [0, 0.1) is 10.1 Å². The van der Waals surface area contributed by atoms with E-state index in [1.165, 1.54) is 0 Å². The summed E-state index contributed by atoms with van der Waals surface area (Å²) in [6, 6.07) is 0. The first-order valence-electron chi connectivity index (χ1n) is 4.40. The summed E-state index contributed by atoms with van der Waals surface area (Å²) in [6.07, 6.45) is 2.09. The number of hydrogen-bond donors (Lipinski definition) is 1. The largest absolute Gasteiger partial charge is 0.364 e. The summed E-state index contributed by atoms with van der Waals surface area (Å²) in [4.78, 5) is 10.5. The molecule has 5 heteroatoms. The average molecular weight is 188 g/mol. The van der Waals surface area contributed by atoms with Crippen LogP contribution in [0.15, 0.2) is 0 Å². The fraction of sp³-hybridized carbons (Fsp3) is 1.00. The second-order valence-corrected chi connectivity index (χ2v) is 4.02. The molecule has 0 bridgehead atoms. The number of nitrogens with two attached hydrogens (primary N) is 1. The lowest BCUT2D eigenvalue weighted by atomic mass is 9.79. The van der Waals surface area contributed by atoms with Gasteiger partial charge < -0.3 is 10.5 Å². The summed E-state index contributed by atoms with van der Waals surface area (Å²) in [5.41, 5.74) is 4.39. The highest BCUT2D eigenvalue weighted by molar-refractivity contribution is 4.88. The Kier molecular flexibility index (Phi) is 2.58. The third-order valence-corrected chi connectivity index (χ3v) is 3.02. The molecule has 0 aliphatic heterocycles. The minimum Gasteiger partial charge on any atom is -0.364 e. The van der Waals surface area contributed by atoms with Gasteiger partial charge >= 0.3 is 0 Å². The normalized spacial score (nSPS) is 40.2. The van der Waals surface area contributed by atoms with E-state index in [-0.39, 0.29) is 4.92 Å². The van der Waals surface area contributed by atoms with Crippen molar-refractivity contribution in [2.24, 2.45) is 5.73 Å². The molecule has 1 rings (SSSR count). The second kappa shape index (κ2) is 3.23. The van der Waals surface area contributed by atoms with E-state index >= 15 is 0 Å². The summed E-state index contributed by atoms with van der Waals surface area (Å²) in [5.74, 6) is 0. The van der Waals surface area contributed by atoms with Gasteiger partial charge in [-0.1, -0.05) is 0 Å². The molecule has 0 radical (unpaired) electrons. The van der Waals surface area contributed by atoms with Crippen molar-refractivity contribution in [1.82, 2.24) is 0 Å². The van der Waals surface area contributed by atoms with Crippen molar-refractivity contribution in [3.8, 4) is 0 Å². The molecule has 0 aromatic rings. The van der Waals surface area contributed by atoms with Gasteiger partial charge in [-0.25, -0.2) is 0 Å². The van der Waals surface area contributed by atoms with Gasteiger partial charge in [0, 0.05) is 31.8 Å². The van der Waals surface area contributed by atoms with E-state index in [1.54, 1.807) is 14.0 Å². The summed E-state index contributed by atoms with van der Waals surface area (Å²) < 4.78 is 5.11. The molecule has 1 saturated carbocycles. The second-order valence-electron chi connectivity index (χ2n) is 4.02. The maximum atomic E-state index is 10.7. The standard InChI is InChI=1S/C8H16N2O3/c1-7(10(11)12)3-5-8(9,13-2)6-4-7/h3-6,9H2,1-2H3. The molecular weight excluding hydrogens is 172 g/mol. The van der Waals surface area contributed by atoms with Crippen molar-refractivity contribution in [3.63, 3.8) is 0 Å². The molecule has 0 spiro atoms. The van der Waals surface area contributed by atoms with Crippen LogP contribution in [0.3, 0.4) is 0 Å². The Balaban J connectivity index is 2.61. The Morgan fingerprint density at radius 3 is 2.15 bits per heavy atom. The number of ether oxygens (including phenoxy) is 1. The molecule has 0 heterocycles. The molecule has 13 heavy (non-hydrogen) atoms. The predicted molar refractivity (Wildman–Crippen MR) is 47.8 cm³/mol. The Labute approximate surface area is 77.4 Å². The predicted octanol–water partition coefficient (Wildman–Crippen LogP) is 0.897. The lowest BCUT2D eigenvalue weighted by molar-refractivity contribution is -0.571. The van der Waals surface area contributed by atoms with Crippen molar-refractivity contribution >= 4 is 0 Å². The van der Waals surface area contributed by atoms with Crippen LogP contribution in [0.1, 0.15) is 32.6 Å². The maximum Gasteiger partial charge on any atom is 0.219 e. The third-order valence-electron chi connectivity index (χ3n) is 3.02. The van der Waals surface area contributed by atoms with Crippen LogP contribution in [-0.2, 0) is 4.74 Å². The highest BCUT2D eigenvalue weighted by Crippen LogP contribution is 2.35. The first-order valence-corrected chi connectivity index (χ1v) is 4.40. The van der Waals surface area contributed by atoms with Crippen LogP contribution in [0.4, 0.5) is 0 Å². The van der Waals surface area contributed by atoms with E-state index in [0.29, 0.717) is 25.7 Å². The zero-order valence-electron chi connectivity index (χ0n) is 8.08. The van der Waals surface area contributed by atoms with E-state index in [4.69, 9.17) is 10.5 Å². The smallest absolute Gasteiger partial charge is 0.219 e. The fourth-order valence-electron chi connectivity index (χ4n) is 1.60. The van der Waals surface area contributed by atoms with Gasteiger partial charge in [0.15, 0.2) is 0 Å². The number of nitro groups is 1. The van der Waals surface area contributed by atoms with Crippen molar-refractivity contribution in [1.29, 1.82) is 0 Å². The van der Waals surface area contributed by atoms with E-state index in [9.17, 15) is 10.1 Å². The molecular formula is C8H16N2O3. The van der Waals surface area contributed by atoms with Crippen LogP contribution in [0.2, 0.25) is 0 Å². The number of hydrogen-bond acceptors (Lipinski definition) is 4. The molecule has 0 saturated heterocycles. The quantitative estimate of drug-likeness (QED) is 0.396. The lowest BCUT2D eigenvalue weighted by Crippen LogP contribution is -2.51. The van der Waals surface area contributed by atoms with Gasteiger partial charge in [-0.15, -0.1) is 0 Å². The summed E-state index contributed by atoms with van der Waals surface area (Å²) in [7, 11) is 1.55. The SMILES string of the molecule is COC1(N)CCC(C)([N+](=O)[O-])CC1. The van der Waals surface area contributed by atoms with Crippen LogP contribution in [-0.4, -0.2) is 23.3 Å². The molecule has 0 amide bonds. The monoisotopic (exact) mass is 188 g/mol. The summed E-state index contributed by atoms with van der Waals surface area (Å²) in [6.45, 7) is 1.67. The van der Waals surface area contributed by atoms with E-state index < -0.39 is 11.3 Å². The molecule has 1 fully saturated rings. The van der Waals surface area contributed by atoms with Crippen molar-refractivity contribution < 1.29 is 9.66 Å². The molecule has 0 aromatic heterocycles. The minimum atomic E-state index is -0.804. The molecule has 0 unspecified atom stereocenters. The van der Waals surface area contributed by atoms with Crippen LogP contribution >= 0.6 is 0 Å². The maximum absolute atomic E-state index is 10.7. The van der Waals surface area contributed by atoms with Crippen LogP contribution in [0.5, 0.6) is 0 Å². The van der Waals surface area contributed by atoms with Gasteiger partial charge in [-0.05, 0) is 12.8 Å². The average Bonchev–Trinajstić information content (AvgIpc) is 2.11. The Hall–Kier alpha value is -0.680. The highest BCUT2D eigenvalue weighted by atomic mass is 16.6. The van der Waals surface area contributed by atoms with E-state index in [0.717, 1.165) is 0 Å². The highest BCUT2D eigenvalue weighted by Gasteiger charge is 2.45. The Bertz CT molecular complexity index is 209. The Morgan fingerprint density at radius 2 is 1.85 bits per heavy atom. The molecule has 2 N–H and O–H groups in total. The van der Waals surface area contributed by atoms with E-state index in [2.05, 4.69) is 0 Å². The van der Waals surface area contributed by atoms with E-state index in [1.807, 2.05) is 0 Å².